The third-order valence-corrected chi connectivity index (χ3v) is 6.00. The summed E-state index contributed by atoms with van der Waals surface area (Å²) < 4.78 is 5.16. The first-order chi connectivity index (χ1) is 13.0. The van der Waals surface area contributed by atoms with E-state index in [1.165, 1.54) is 22.7 Å². The molecule has 5 nitrogen and oxygen atoms in total. The van der Waals surface area contributed by atoms with E-state index in [1.807, 2.05) is 22.9 Å². The second kappa shape index (κ2) is 8.75. The highest BCUT2D eigenvalue weighted by molar-refractivity contribution is 7.17. The van der Waals surface area contributed by atoms with Crippen LogP contribution in [0.4, 0.5) is 15.5 Å². The van der Waals surface area contributed by atoms with Gasteiger partial charge in [0.05, 0.1) is 16.7 Å². The van der Waals surface area contributed by atoms with Crippen LogP contribution in [0.5, 0.6) is 0 Å². The van der Waals surface area contributed by atoms with Crippen molar-refractivity contribution in [3.8, 4) is 10.4 Å². The van der Waals surface area contributed by atoms with Crippen LogP contribution in [0.3, 0.4) is 0 Å². The van der Waals surface area contributed by atoms with Crippen LogP contribution in [0.2, 0.25) is 10.0 Å². The van der Waals surface area contributed by atoms with Crippen LogP contribution >= 0.6 is 45.9 Å². The number of benzene rings is 1. The monoisotopic (exact) mass is 440 g/mol. The summed E-state index contributed by atoms with van der Waals surface area (Å²) >= 11 is 14.6. The zero-order chi connectivity index (χ0) is 19.4. The number of thiophene rings is 2. The van der Waals surface area contributed by atoms with Gasteiger partial charge in [-0.2, -0.15) is 0 Å². The molecule has 2 amide bonds. The molecule has 140 valence electrons. The molecule has 2 aromatic heterocycles. The maximum absolute atomic E-state index is 12.4. The Bertz CT molecular complexity index is 971. The van der Waals surface area contributed by atoms with E-state index < -0.39 is 12.0 Å². The van der Waals surface area contributed by atoms with Gasteiger partial charge in [-0.25, -0.2) is 9.59 Å². The van der Waals surface area contributed by atoms with E-state index in [9.17, 15) is 9.59 Å². The van der Waals surface area contributed by atoms with Gasteiger partial charge in [-0.3, -0.25) is 5.32 Å². The molecule has 0 fully saturated rings. The van der Waals surface area contributed by atoms with Gasteiger partial charge < -0.3 is 10.1 Å². The zero-order valence-electron chi connectivity index (χ0n) is 14.0. The van der Waals surface area contributed by atoms with Crippen molar-refractivity contribution in [1.29, 1.82) is 0 Å². The molecule has 0 unspecified atom stereocenters. The molecule has 0 bridgehead atoms. The fourth-order valence-electron chi connectivity index (χ4n) is 2.31. The van der Waals surface area contributed by atoms with Crippen LogP contribution in [-0.4, -0.2) is 18.6 Å². The fraction of sp³-hybridized carbons (Fsp3) is 0.111. The number of nitrogens with one attached hydrogen (secondary N) is 2. The summed E-state index contributed by atoms with van der Waals surface area (Å²) in [6.07, 6.45) is 0. The summed E-state index contributed by atoms with van der Waals surface area (Å²) in [6.45, 7) is 1.98. The van der Waals surface area contributed by atoms with Gasteiger partial charge in [0.2, 0.25) is 0 Å². The minimum absolute atomic E-state index is 0.244. The van der Waals surface area contributed by atoms with Gasteiger partial charge in [-0.15, -0.1) is 22.7 Å². The van der Waals surface area contributed by atoms with Crippen molar-refractivity contribution in [3.63, 3.8) is 0 Å². The normalized spacial score (nSPS) is 10.5. The van der Waals surface area contributed by atoms with Crippen LogP contribution in [0.15, 0.2) is 41.1 Å². The molecule has 2 N–H and O–H groups in total. The number of ether oxygens (including phenoxy) is 1. The van der Waals surface area contributed by atoms with Crippen LogP contribution in [-0.2, 0) is 4.74 Å². The van der Waals surface area contributed by atoms with E-state index in [2.05, 4.69) is 10.6 Å². The molecule has 1 aromatic carbocycles. The van der Waals surface area contributed by atoms with Crippen LogP contribution < -0.4 is 10.6 Å². The fourth-order valence-corrected chi connectivity index (χ4v) is 4.37. The van der Waals surface area contributed by atoms with Gasteiger partial charge >= 0.3 is 12.0 Å². The predicted octanol–water partition coefficient (Wildman–Crippen LogP) is 6.60. The highest BCUT2D eigenvalue weighted by atomic mass is 35.5. The van der Waals surface area contributed by atoms with Crippen LogP contribution in [0.1, 0.15) is 17.3 Å². The quantitative estimate of drug-likeness (QED) is 0.438. The van der Waals surface area contributed by atoms with Crippen molar-refractivity contribution in [3.05, 3.63) is 56.7 Å². The van der Waals surface area contributed by atoms with Crippen molar-refractivity contribution in [2.75, 3.05) is 17.2 Å². The lowest BCUT2D eigenvalue weighted by Gasteiger charge is -2.10. The van der Waals surface area contributed by atoms with Gasteiger partial charge in [0.15, 0.2) is 0 Å². The maximum atomic E-state index is 12.4. The first-order valence-electron chi connectivity index (χ1n) is 7.85. The molecule has 0 spiro atoms. The third kappa shape index (κ3) is 4.62. The average molecular weight is 441 g/mol. The van der Waals surface area contributed by atoms with E-state index in [1.54, 1.807) is 25.1 Å². The molecule has 0 aliphatic carbocycles. The highest BCUT2D eigenvalue weighted by Gasteiger charge is 2.23. The Hall–Kier alpha value is -2.06. The number of amides is 2. The van der Waals surface area contributed by atoms with Gasteiger partial charge in [0.1, 0.15) is 10.6 Å². The highest BCUT2D eigenvalue weighted by Crippen LogP contribution is 2.38. The zero-order valence-corrected chi connectivity index (χ0v) is 17.2. The topological polar surface area (TPSA) is 67.4 Å². The first-order valence-corrected chi connectivity index (χ1v) is 10.4. The smallest absolute Gasteiger partial charge is 0.341 e. The number of anilines is 2. The Morgan fingerprint density at radius 2 is 1.93 bits per heavy atom. The number of hydrogen-bond donors (Lipinski definition) is 2. The Balaban J connectivity index is 1.84. The molecule has 3 rings (SSSR count). The molecule has 2 heterocycles. The van der Waals surface area contributed by atoms with Crippen molar-refractivity contribution >= 4 is 68.6 Å². The molecule has 0 atom stereocenters. The van der Waals surface area contributed by atoms with E-state index in [0.29, 0.717) is 26.3 Å². The second-order valence-electron chi connectivity index (χ2n) is 5.26. The molecule has 0 aliphatic heterocycles. The van der Waals surface area contributed by atoms with Crippen LogP contribution in [0.25, 0.3) is 10.4 Å². The van der Waals surface area contributed by atoms with Crippen molar-refractivity contribution in [1.82, 2.24) is 0 Å². The molecule has 27 heavy (non-hydrogen) atoms. The lowest BCUT2D eigenvalue weighted by atomic mass is 10.1. The number of carbonyl (C=O) groups is 2. The van der Waals surface area contributed by atoms with Gasteiger partial charge in [0.25, 0.3) is 0 Å². The number of halogens is 2. The van der Waals surface area contributed by atoms with Gasteiger partial charge in [-0.1, -0.05) is 29.3 Å². The van der Waals surface area contributed by atoms with Crippen molar-refractivity contribution < 1.29 is 14.3 Å². The maximum Gasteiger partial charge on any atom is 0.341 e. The molecule has 0 saturated heterocycles. The van der Waals surface area contributed by atoms with Gasteiger partial charge in [0, 0.05) is 21.5 Å². The Morgan fingerprint density at radius 1 is 1.11 bits per heavy atom. The summed E-state index contributed by atoms with van der Waals surface area (Å²) in [5.74, 6) is -0.480. The molecule has 3 aromatic rings. The minimum atomic E-state index is -0.501. The average Bonchev–Trinajstić information content (AvgIpc) is 3.27. The lowest BCUT2D eigenvalue weighted by Crippen LogP contribution is -2.20. The molecule has 0 saturated carbocycles. The molecular weight excluding hydrogens is 427 g/mol. The second-order valence-corrected chi connectivity index (χ2v) is 7.90. The first kappa shape index (κ1) is 19.7. The summed E-state index contributed by atoms with van der Waals surface area (Å²) in [4.78, 5) is 25.7. The minimum Gasteiger partial charge on any atom is -0.462 e. The Kier molecular flexibility index (Phi) is 6.38. The van der Waals surface area contributed by atoms with Gasteiger partial charge in [-0.05, 0) is 36.6 Å². The summed E-state index contributed by atoms with van der Waals surface area (Å²) in [7, 11) is 0. The van der Waals surface area contributed by atoms with Crippen LogP contribution in [0, 0.1) is 0 Å². The van der Waals surface area contributed by atoms with E-state index in [0.717, 1.165) is 10.4 Å². The molecule has 0 aliphatic rings. The Morgan fingerprint density at radius 3 is 2.59 bits per heavy atom. The van der Waals surface area contributed by atoms with Crippen molar-refractivity contribution in [2.24, 2.45) is 0 Å². The number of urea groups is 1. The standard InChI is InChI=1S/C18H14Cl2N2O3S2/c1-2-25-17(23)15-11(14-4-3-7-26-14)9-27-16(15)22-18(24)21-10-5-6-12(19)13(20)8-10/h3-9H,2H2,1H3,(H2,21,22,24). The molecule has 9 heteroatoms. The van der Waals surface area contributed by atoms with E-state index in [-0.39, 0.29) is 6.61 Å². The summed E-state index contributed by atoms with van der Waals surface area (Å²) in [5, 5.41) is 10.3. The molecular formula is C18H14Cl2N2O3S2. The number of hydrogen-bond acceptors (Lipinski definition) is 5. The number of esters is 1. The van der Waals surface area contributed by atoms with Crippen molar-refractivity contribution in [2.45, 2.75) is 6.92 Å². The third-order valence-electron chi connectivity index (χ3n) is 3.46. The number of rotatable bonds is 5. The summed E-state index contributed by atoms with van der Waals surface area (Å²) in [5.41, 5.74) is 1.56. The molecule has 0 radical (unpaired) electrons. The summed E-state index contributed by atoms with van der Waals surface area (Å²) in [6, 6.07) is 8.07. The lowest BCUT2D eigenvalue weighted by molar-refractivity contribution is 0.0529. The number of carbonyl (C=O) groups excluding carboxylic acids is 2. The van der Waals surface area contributed by atoms with E-state index >= 15 is 0 Å². The van der Waals surface area contributed by atoms with E-state index in [4.69, 9.17) is 27.9 Å². The largest absolute Gasteiger partial charge is 0.462 e. The SMILES string of the molecule is CCOC(=O)c1c(-c2cccs2)csc1NC(=O)Nc1ccc(Cl)c(Cl)c1. The predicted molar refractivity (Wildman–Crippen MR) is 113 cm³/mol. The Labute approximate surface area is 173 Å².